The number of anilines is 1. The summed E-state index contributed by atoms with van der Waals surface area (Å²) in [5.74, 6) is -0.337. The summed E-state index contributed by atoms with van der Waals surface area (Å²) >= 11 is 0. The van der Waals surface area contributed by atoms with Crippen LogP contribution in [0.2, 0.25) is 0 Å². The summed E-state index contributed by atoms with van der Waals surface area (Å²) < 4.78 is 50.4. The molecule has 11 nitrogen and oxygen atoms in total. The van der Waals surface area contributed by atoms with Crippen molar-refractivity contribution in [1.82, 2.24) is 20.2 Å². The molecular formula is C23H29FN6O5S. The lowest BCUT2D eigenvalue weighted by atomic mass is 10.0. The number of ether oxygens (including phenoxy) is 2. The Morgan fingerprint density at radius 1 is 1.25 bits per heavy atom. The smallest absolute Gasteiger partial charge is 0.410 e. The number of nitrogens with one attached hydrogen (secondary N) is 1. The number of carbonyl (C=O) groups excluding carboxylic acids is 1. The number of aliphatic imine (C=N–C) groups is 1. The fourth-order valence-corrected chi connectivity index (χ4v) is 4.66. The standard InChI is InChI=1S/C23H29FN6O5S/c1-13(2)34-23(31)30-10-6-14(7-11-30)35-21-18(20-26-8-9-27-20)19(28-22(25)29-21)16-5-4-15(12-17(16)24)36(3,32)33/h4-5,12-14H,6-11H2,1-3H3,(H,26,27)(H2,25,28,29). The first-order chi connectivity index (χ1) is 17.0. The molecule has 2 aliphatic heterocycles. The van der Waals surface area contributed by atoms with E-state index in [-0.39, 0.29) is 46.3 Å². The number of rotatable bonds is 6. The Morgan fingerprint density at radius 3 is 2.56 bits per heavy atom. The number of amides is 1. The summed E-state index contributed by atoms with van der Waals surface area (Å²) in [4.78, 5) is 26.7. The van der Waals surface area contributed by atoms with Crippen LogP contribution in [0.4, 0.5) is 15.1 Å². The highest BCUT2D eigenvalue weighted by molar-refractivity contribution is 7.90. The van der Waals surface area contributed by atoms with Crippen LogP contribution in [0.3, 0.4) is 0 Å². The third-order valence-electron chi connectivity index (χ3n) is 5.74. The van der Waals surface area contributed by atoms with E-state index >= 15 is 4.39 Å². The molecule has 0 aliphatic carbocycles. The summed E-state index contributed by atoms with van der Waals surface area (Å²) in [5, 5.41) is 3.14. The number of nitrogens with zero attached hydrogens (tertiary/aromatic N) is 4. The predicted octanol–water partition coefficient (Wildman–Crippen LogP) is 2.01. The minimum atomic E-state index is -3.60. The van der Waals surface area contributed by atoms with E-state index in [1.807, 2.05) is 0 Å². The van der Waals surface area contributed by atoms with Crippen molar-refractivity contribution in [3.05, 3.63) is 29.6 Å². The van der Waals surface area contributed by atoms with Gasteiger partial charge in [-0.1, -0.05) is 0 Å². The van der Waals surface area contributed by atoms with Gasteiger partial charge in [-0.3, -0.25) is 4.99 Å². The zero-order valence-electron chi connectivity index (χ0n) is 20.3. The van der Waals surface area contributed by atoms with Crippen molar-refractivity contribution in [2.24, 2.45) is 4.99 Å². The SMILES string of the molecule is CC(C)OC(=O)N1CCC(Oc2nc(N)nc(-c3ccc(S(C)(=O)=O)cc3F)c2C2=NCCN2)CC1. The Labute approximate surface area is 208 Å². The van der Waals surface area contributed by atoms with E-state index in [1.165, 1.54) is 12.1 Å². The van der Waals surface area contributed by atoms with Crippen molar-refractivity contribution in [2.45, 2.75) is 43.8 Å². The largest absolute Gasteiger partial charge is 0.474 e. The zero-order valence-corrected chi connectivity index (χ0v) is 21.1. The van der Waals surface area contributed by atoms with Crippen LogP contribution in [0, 0.1) is 5.82 Å². The lowest BCUT2D eigenvalue weighted by Crippen LogP contribution is -2.43. The number of nitrogen functional groups attached to an aromatic ring is 1. The molecule has 4 rings (SSSR count). The Kier molecular flexibility index (Phi) is 7.29. The maximum absolute atomic E-state index is 15.1. The number of nitrogens with two attached hydrogens (primary N) is 1. The number of carbonyl (C=O) groups is 1. The molecule has 0 unspecified atom stereocenters. The normalized spacial score (nSPS) is 16.6. The number of aromatic nitrogens is 2. The Morgan fingerprint density at radius 2 is 1.97 bits per heavy atom. The molecule has 1 aromatic carbocycles. The van der Waals surface area contributed by atoms with Gasteiger partial charge in [-0.25, -0.2) is 22.6 Å². The van der Waals surface area contributed by atoms with Crippen molar-refractivity contribution in [3.63, 3.8) is 0 Å². The van der Waals surface area contributed by atoms with E-state index in [4.69, 9.17) is 15.2 Å². The molecule has 0 atom stereocenters. The lowest BCUT2D eigenvalue weighted by molar-refractivity contribution is 0.0507. The third kappa shape index (κ3) is 5.66. The molecule has 0 radical (unpaired) electrons. The number of hydrogen-bond donors (Lipinski definition) is 2. The second kappa shape index (κ2) is 10.2. The molecule has 3 N–H and O–H groups in total. The van der Waals surface area contributed by atoms with Gasteiger partial charge in [0.2, 0.25) is 11.8 Å². The molecule has 1 saturated heterocycles. The van der Waals surface area contributed by atoms with Crippen LogP contribution < -0.4 is 15.8 Å². The second-order valence-electron chi connectivity index (χ2n) is 8.92. The summed E-state index contributed by atoms with van der Waals surface area (Å²) in [5.41, 5.74) is 6.50. The van der Waals surface area contributed by atoms with Gasteiger partial charge in [0.1, 0.15) is 23.3 Å². The number of sulfone groups is 1. The summed E-state index contributed by atoms with van der Waals surface area (Å²) in [7, 11) is -3.60. The maximum atomic E-state index is 15.1. The number of hydrogen-bond acceptors (Lipinski definition) is 10. The first-order valence-electron chi connectivity index (χ1n) is 11.6. The molecule has 0 spiro atoms. The molecular weight excluding hydrogens is 491 g/mol. The van der Waals surface area contributed by atoms with E-state index in [0.29, 0.717) is 50.4 Å². The van der Waals surface area contributed by atoms with Crippen LogP contribution in [-0.2, 0) is 14.6 Å². The molecule has 36 heavy (non-hydrogen) atoms. The zero-order chi connectivity index (χ0) is 26.0. The van der Waals surface area contributed by atoms with Crippen LogP contribution in [0.5, 0.6) is 5.88 Å². The molecule has 3 heterocycles. The maximum Gasteiger partial charge on any atom is 0.410 e. The topological polar surface area (TPSA) is 149 Å². The van der Waals surface area contributed by atoms with Crippen molar-refractivity contribution in [1.29, 1.82) is 0 Å². The number of benzene rings is 1. The van der Waals surface area contributed by atoms with Crippen LogP contribution in [-0.4, -0.2) is 79.9 Å². The van der Waals surface area contributed by atoms with Crippen molar-refractivity contribution >= 4 is 27.7 Å². The van der Waals surface area contributed by atoms with Gasteiger partial charge >= 0.3 is 6.09 Å². The number of amidine groups is 1. The van der Waals surface area contributed by atoms with Crippen LogP contribution in [0.1, 0.15) is 32.3 Å². The Balaban J connectivity index is 1.66. The quantitative estimate of drug-likeness (QED) is 0.583. The van der Waals surface area contributed by atoms with E-state index < -0.39 is 15.7 Å². The summed E-state index contributed by atoms with van der Waals surface area (Å²) in [6.07, 6.45) is 1.21. The number of likely N-dealkylation sites (tertiary alicyclic amines) is 1. The Bertz CT molecular complexity index is 1290. The second-order valence-corrected chi connectivity index (χ2v) is 10.9. The van der Waals surface area contributed by atoms with Crippen molar-refractivity contribution in [3.8, 4) is 17.1 Å². The van der Waals surface area contributed by atoms with Crippen LogP contribution >= 0.6 is 0 Å². The summed E-state index contributed by atoms with van der Waals surface area (Å²) in [6, 6.07) is 3.60. The van der Waals surface area contributed by atoms with Gasteiger partial charge in [0.25, 0.3) is 0 Å². The molecule has 13 heteroatoms. The first-order valence-corrected chi connectivity index (χ1v) is 13.5. The third-order valence-corrected chi connectivity index (χ3v) is 6.85. The van der Waals surface area contributed by atoms with Gasteiger partial charge in [0.15, 0.2) is 9.84 Å². The van der Waals surface area contributed by atoms with E-state index in [1.54, 1.807) is 18.7 Å². The highest BCUT2D eigenvalue weighted by atomic mass is 32.2. The molecule has 1 fully saturated rings. The predicted molar refractivity (Wildman–Crippen MR) is 131 cm³/mol. The molecule has 2 aromatic rings. The van der Waals surface area contributed by atoms with E-state index in [9.17, 15) is 13.2 Å². The first kappa shape index (κ1) is 25.6. The molecule has 1 aromatic heterocycles. The summed E-state index contributed by atoms with van der Waals surface area (Å²) in [6.45, 7) is 5.56. The average Bonchev–Trinajstić information content (AvgIpc) is 3.32. The Hall–Kier alpha value is -3.48. The fourth-order valence-electron chi connectivity index (χ4n) is 4.02. The highest BCUT2D eigenvalue weighted by Crippen LogP contribution is 2.33. The van der Waals surface area contributed by atoms with Crippen molar-refractivity contribution < 1.29 is 27.1 Å². The average molecular weight is 521 g/mol. The molecule has 2 aliphatic rings. The van der Waals surface area contributed by atoms with Gasteiger partial charge in [-0.15, -0.1) is 0 Å². The lowest BCUT2D eigenvalue weighted by Gasteiger charge is -2.32. The van der Waals surface area contributed by atoms with Gasteiger partial charge in [0.05, 0.1) is 23.2 Å². The van der Waals surface area contributed by atoms with E-state index in [0.717, 1.165) is 12.3 Å². The minimum absolute atomic E-state index is 0.0407. The molecule has 0 saturated carbocycles. The van der Waals surface area contributed by atoms with Crippen molar-refractivity contribution in [2.75, 3.05) is 38.2 Å². The number of halogens is 1. The van der Waals surface area contributed by atoms with Gasteiger partial charge in [0, 0.05) is 44.3 Å². The van der Waals surface area contributed by atoms with E-state index in [2.05, 4.69) is 20.3 Å². The minimum Gasteiger partial charge on any atom is -0.474 e. The number of piperidine rings is 1. The van der Waals surface area contributed by atoms with Crippen LogP contribution in [0.15, 0.2) is 28.1 Å². The molecule has 194 valence electrons. The van der Waals surface area contributed by atoms with Gasteiger partial charge < -0.3 is 25.4 Å². The molecule has 1 amide bonds. The van der Waals surface area contributed by atoms with Gasteiger partial charge in [-0.2, -0.15) is 4.98 Å². The highest BCUT2D eigenvalue weighted by Gasteiger charge is 2.30. The monoisotopic (exact) mass is 520 g/mol. The molecule has 0 bridgehead atoms. The van der Waals surface area contributed by atoms with Crippen LogP contribution in [0.25, 0.3) is 11.3 Å². The van der Waals surface area contributed by atoms with Gasteiger partial charge in [-0.05, 0) is 32.0 Å². The fraction of sp³-hybridized carbons (Fsp3) is 0.478.